The molecule has 1 atom stereocenters. The normalized spacial score (nSPS) is 13.2. The molecular formula is C12H16BrClN2O4S. The molecule has 0 aliphatic rings. The summed E-state index contributed by atoms with van der Waals surface area (Å²) in [4.78, 5) is 15.3. The van der Waals surface area contributed by atoms with E-state index in [1.807, 2.05) is 13.8 Å². The average Bonchev–Trinajstić information content (AvgIpc) is 2.38. The van der Waals surface area contributed by atoms with E-state index in [9.17, 15) is 13.2 Å². The highest BCUT2D eigenvalue weighted by Crippen LogP contribution is 2.23. The SMILES string of the molecule is COC(=O)C(CC(C)C)NS(=O)(=O)c1cc(Br)cnc1Cl. The topological polar surface area (TPSA) is 85.4 Å². The first kappa shape index (κ1) is 18.3. The number of pyridine rings is 1. The number of nitrogens with one attached hydrogen (secondary N) is 1. The van der Waals surface area contributed by atoms with Crippen LogP contribution in [-0.2, 0) is 19.6 Å². The zero-order valence-corrected chi connectivity index (χ0v) is 14.9. The molecular weight excluding hydrogens is 384 g/mol. The second-order valence-electron chi connectivity index (χ2n) is 4.77. The Kier molecular flexibility index (Phi) is 6.58. The maximum Gasteiger partial charge on any atom is 0.323 e. The summed E-state index contributed by atoms with van der Waals surface area (Å²) in [6.07, 6.45) is 1.69. The number of nitrogens with zero attached hydrogens (tertiary/aromatic N) is 1. The molecule has 1 N–H and O–H groups in total. The standard InChI is InChI=1S/C12H16BrClN2O4S/c1-7(2)4-9(12(17)20-3)16-21(18,19)10-5-8(13)6-15-11(10)14/h5-7,9,16H,4H2,1-3H3. The van der Waals surface area contributed by atoms with Gasteiger partial charge in [0.25, 0.3) is 0 Å². The van der Waals surface area contributed by atoms with Crippen molar-refractivity contribution in [2.24, 2.45) is 5.92 Å². The lowest BCUT2D eigenvalue weighted by Gasteiger charge is -2.18. The third-order valence-corrected chi connectivity index (χ3v) is 4.89. The quantitative estimate of drug-likeness (QED) is 0.586. The van der Waals surface area contributed by atoms with E-state index in [1.165, 1.54) is 19.4 Å². The number of esters is 1. The van der Waals surface area contributed by atoms with Crippen molar-refractivity contribution in [2.45, 2.75) is 31.2 Å². The fraction of sp³-hybridized carbons (Fsp3) is 0.500. The van der Waals surface area contributed by atoms with Crippen LogP contribution in [-0.4, -0.2) is 32.5 Å². The van der Waals surface area contributed by atoms with E-state index in [0.717, 1.165) is 0 Å². The molecule has 1 aromatic rings. The summed E-state index contributed by atoms with van der Waals surface area (Å²) in [5, 5.41) is -0.168. The molecule has 9 heteroatoms. The van der Waals surface area contributed by atoms with Crippen molar-refractivity contribution in [3.63, 3.8) is 0 Å². The van der Waals surface area contributed by atoms with Gasteiger partial charge in [-0.15, -0.1) is 0 Å². The van der Waals surface area contributed by atoms with Gasteiger partial charge in [0.2, 0.25) is 10.0 Å². The number of halogens is 2. The lowest BCUT2D eigenvalue weighted by Crippen LogP contribution is -2.42. The van der Waals surface area contributed by atoms with Crippen LogP contribution >= 0.6 is 27.5 Å². The Hall–Kier alpha value is -0.700. The fourth-order valence-electron chi connectivity index (χ4n) is 1.65. The number of hydrogen-bond donors (Lipinski definition) is 1. The zero-order chi connectivity index (χ0) is 16.2. The monoisotopic (exact) mass is 398 g/mol. The van der Waals surface area contributed by atoms with Crippen molar-refractivity contribution in [1.29, 1.82) is 0 Å². The Morgan fingerprint density at radius 1 is 1.52 bits per heavy atom. The average molecular weight is 400 g/mol. The molecule has 0 amide bonds. The number of aromatic nitrogens is 1. The maximum atomic E-state index is 12.4. The third-order valence-electron chi connectivity index (χ3n) is 2.55. The van der Waals surface area contributed by atoms with Crippen LogP contribution in [0.4, 0.5) is 0 Å². The van der Waals surface area contributed by atoms with Gasteiger partial charge in [0, 0.05) is 10.7 Å². The molecule has 1 heterocycles. The zero-order valence-electron chi connectivity index (χ0n) is 11.8. The highest BCUT2D eigenvalue weighted by Gasteiger charge is 2.29. The highest BCUT2D eigenvalue weighted by atomic mass is 79.9. The van der Waals surface area contributed by atoms with Gasteiger partial charge in [-0.05, 0) is 34.3 Å². The molecule has 118 valence electrons. The van der Waals surface area contributed by atoms with Crippen LogP contribution in [0, 0.1) is 5.92 Å². The van der Waals surface area contributed by atoms with E-state index in [-0.39, 0.29) is 16.0 Å². The van der Waals surface area contributed by atoms with E-state index in [0.29, 0.717) is 10.9 Å². The molecule has 0 aliphatic carbocycles. The van der Waals surface area contributed by atoms with Crippen molar-refractivity contribution in [2.75, 3.05) is 7.11 Å². The first-order valence-corrected chi connectivity index (χ1v) is 8.74. The van der Waals surface area contributed by atoms with E-state index in [1.54, 1.807) is 0 Å². The van der Waals surface area contributed by atoms with Crippen molar-refractivity contribution in [3.05, 3.63) is 21.9 Å². The van der Waals surface area contributed by atoms with Gasteiger partial charge < -0.3 is 4.74 Å². The van der Waals surface area contributed by atoms with E-state index >= 15 is 0 Å². The predicted octanol–water partition coefficient (Wildman–Crippen LogP) is 2.36. The van der Waals surface area contributed by atoms with Gasteiger partial charge in [-0.1, -0.05) is 25.4 Å². The van der Waals surface area contributed by atoms with Gasteiger partial charge in [0.15, 0.2) is 0 Å². The molecule has 21 heavy (non-hydrogen) atoms. The Bertz CT molecular complexity index is 622. The van der Waals surface area contributed by atoms with E-state index in [4.69, 9.17) is 11.6 Å². The van der Waals surface area contributed by atoms with Crippen molar-refractivity contribution in [3.8, 4) is 0 Å². The van der Waals surface area contributed by atoms with Crippen LogP contribution in [0.15, 0.2) is 21.6 Å². The number of carbonyl (C=O) groups excluding carboxylic acids is 1. The summed E-state index contributed by atoms with van der Waals surface area (Å²) in [6.45, 7) is 3.75. The second kappa shape index (κ2) is 7.53. The number of ether oxygens (including phenoxy) is 1. The number of hydrogen-bond acceptors (Lipinski definition) is 5. The van der Waals surface area contributed by atoms with Crippen LogP contribution in [0.3, 0.4) is 0 Å². The highest BCUT2D eigenvalue weighted by molar-refractivity contribution is 9.10. The molecule has 1 unspecified atom stereocenters. The molecule has 0 radical (unpaired) electrons. The number of rotatable bonds is 6. The Labute approximate surface area is 137 Å². The van der Waals surface area contributed by atoms with Crippen molar-refractivity contribution in [1.82, 2.24) is 9.71 Å². The van der Waals surface area contributed by atoms with E-state index < -0.39 is 22.0 Å². The third kappa shape index (κ3) is 5.21. The second-order valence-corrected chi connectivity index (χ2v) is 7.73. The molecule has 0 saturated carbocycles. The van der Waals surface area contributed by atoms with Crippen LogP contribution < -0.4 is 4.72 Å². The maximum absolute atomic E-state index is 12.4. The fourth-order valence-corrected chi connectivity index (χ4v) is 3.79. The van der Waals surface area contributed by atoms with Gasteiger partial charge in [0.1, 0.15) is 16.1 Å². The summed E-state index contributed by atoms with van der Waals surface area (Å²) in [7, 11) is -2.78. The molecule has 0 saturated heterocycles. The summed E-state index contributed by atoms with van der Waals surface area (Å²) in [6, 6.07) is 0.344. The summed E-state index contributed by atoms with van der Waals surface area (Å²) in [5.74, 6) is -0.542. The Morgan fingerprint density at radius 2 is 2.14 bits per heavy atom. The van der Waals surface area contributed by atoms with E-state index in [2.05, 4.69) is 30.4 Å². The molecule has 0 aromatic carbocycles. The Balaban J connectivity index is 3.11. The molecule has 1 rings (SSSR count). The Morgan fingerprint density at radius 3 is 2.67 bits per heavy atom. The number of methoxy groups -OCH3 is 1. The van der Waals surface area contributed by atoms with Gasteiger partial charge in [-0.25, -0.2) is 13.4 Å². The molecule has 1 aromatic heterocycles. The van der Waals surface area contributed by atoms with Gasteiger partial charge in [0.05, 0.1) is 7.11 Å². The molecule has 0 bridgehead atoms. The van der Waals surface area contributed by atoms with Crippen LogP contribution in [0.1, 0.15) is 20.3 Å². The lowest BCUT2D eigenvalue weighted by atomic mass is 10.1. The molecule has 6 nitrogen and oxygen atoms in total. The van der Waals surface area contributed by atoms with Crippen LogP contribution in [0.5, 0.6) is 0 Å². The number of carbonyl (C=O) groups is 1. The summed E-state index contributed by atoms with van der Waals surface area (Å²) < 4.78 is 32.1. The molecule has 0 aliphatic heterocycles. The smallest absolute Gasteiger partial charge is 0.323 e. The van der Waals surface area contributed by atoms with Crippen molar-refractivity contribution < 1.29 is 17.9 Å². The van der Waals surface area contributed by atoms with Crippen LogP contribution in [0.25, 0.3) is 0 Å². The van der Waals surface area contributed by atoms with Gasteiger partial charge in [-0.2, -0.15) is 4.72 Å². The molecule has 0 spiro atoms. The van der Waals surface area contributed by atoms with Crippen LogP contribution in [0.2, 0.25) is 5.15 Å². The lowest BCUT2D eigenvalue weighted by molar-refractivity contribution is -0.143. The van der Waals surface area contributed by atoms with Gasteiger partial charge in [-0.3, -0.25) is 4.79 Å². The van der Waals surface area contributed by atoms with Crippen molar-refractivity contribution >= 4 is 43.5 Å². The summed E-state index contributed by atoms with van der Waals surface area (Å²) in [5.41, 5.74) is 0. The molecule has 0 fully saturated rings. The minimum atomic E-state index is -3.99. The first-order valence-electron chi connectivity index (χ1n) is 6.08. The minimum absolute atomic E-state index is 0.105. The number of sulfonamides is 1. The first-order chi connectivity index (χ1) is 9.67. The summed E-state index contributed by atoms with van der Waals surface area (Å²) >= 11 is 8.95. The largest absolute Gasteiger partial charge is 0.468 e. The predicted molar refractivity (Wildman–Crippen MR) is 82.5 cm³/mol. The minimum Gasteiger partial charge on any atom is -0.468 e. The van der Waals surface area contributed by atoms with Gasteiger partial charge >= 0.3 is 5.97 Å².